The third-order valence-electron chi connectivity index (χ3n) is 3.39. The lowest BCUT2D eigenvalue weighted by Crippen LogP contribution is -2.19. The Bertz CT molecular complexity index is 860. The van der Waals surface area contributed by atoms with Crippen molar-refractivity contribution in [3.8, 4) is 16.9 Å². The molecule has 2 rings (SSSR count). The normalized spacial score (nSPS) is 10.2. The summed E-state index contributed by atoms with van der Waals surface area (Å²) in [6, 6.07) is 6.99. The maximum Gasteiger partial charge on any atom is 0.340 e. The van der Waals surface area contributed by atoms with Gasteiger partial charge < -0.3 is 25.5 Å². The zero-order valence-corrected chi connectivity index (χ0v) is 12.3. The number of rotatable bonds is 5. The van der Waals surface area contributed by atoms with Gasteiger partial charge in [-0.25, -0.2) is 19.2 Å². The van der Waals surface area contributed by atoms with Crippen LogP contribution < -0.4 is 0 Å². The van der Waals surface area contributed by atoms with Gasteiger partial charge in [0.05, 0.1) is 11.1 Å². The van der Waals surface area contributed by atoms with Crippen LogP contribution in [0.5, 0.6) is 5.75 Å². The van der Waals surface area contributed by atoms with Crippen LogP contribution >= 0.6 is 0 Å². The van der Waals surface area contributed by atoms with Gasteiger partial charge in [0, 0.05) is 5.56 Å². The number of carboxylic acids is 4. The fraction of sp³-hybridized carbons (Fsp3) is 0. The second kappa shape index (κ2) is 6.32. The summed E-state index contributed by atoms with van der Waals surface area (Å²) in [6.07, 6.45) is 0. The molecule has 5 N–H and O–H groups in total. The van der Waals surface area contributed by atoms with Crippen LogP contribution in [0.3, 0.4) is 0 Å². The lowest BCUT2D eigenvalue weighted by Gasteiger charge is -2.17. The molecule has 0 bridgehead atoms. The molecule has 0 aliphatic rings. The Morgan fingerprint density at radius 2 is 0.960 bits per heavy atom. The maximum absolute atomic E-state index is 11.6. The van der Waals surface area contributed by atoms with E-state index in [0.29, 0.717) is 0 Å². The van der Waals surface area contributed by atoms with Crippen LogP contribution in [0.15, 0.2) is 30.3 Å². The highest BCUT2D eigenvalue weighted by Crippen LogP contribution is 2.39. The van der Waals surface area contributed by atoms with Crippen molar-refractivity contribution in [2.45, 2.75) is 0 Å². The van der Waals surface area contributed by atoms with Crippen molar-refractivity contribution >= 4 is 23.9 Å². The Morgan fingerprint density at radius 1 is 0.600 bits per heavy atom. The smallest absolute Gasteiger partial charge is 0.340 e. The molecule has 0 unspecified atom stereocenters. The lowest BCUT2D eigenvalue weighted by atomic mass is 9.86. The Morgan fingerprint density at radius 3 is 1.28 bits per heavy atom. The van der Waals surface area contributed by atoms with E-state index >= 15 is 0 Å². The van der Waals surface area contributed by atoms with Crippen LogP contribution in [0.25, 0.3) is 11.1 Å². The highest BCUT2D eigenvalue weighted by Gasteiger charge is 2.36. The topological polar surface area (TPSA) is 169 Å². The fourth-order valence-electron chi connectivity index (χ4n) is 2.47. The molecule has 0 aromatic heterocycles. The molecule has 0 spiro atoms. The molecule has 2 aromatic rings. The Kier molecular flexibility index (Phi) is 4.42. The van der Waals surface area contributed by atoms with Gasteiger partial charge in [0.1, 0.15) is 16.9 Å². The van der Waals surface area contributed by atoms with Crippen molar-refractivity contribution in [2.24, 2.45) is 0 Å². The molecule has 0 radical (unpaired) electrons. The van der Waals surface area contributed by atoms with Crippen molar-refractivity contribution in [1.82, 2.24) is 0 Å². The zero-order chi connectivity index (χ0) is 18.9. The van der Waals surface area contributed by atoms with E-state index < -0.39 is 57.4 Å². The molecular formula is C16H10O9. The summed E-state index contributed by atoms with van der Waals surface area (Å²) in [7, 11) is 0. The first-order chi connectivity index (χ1) is 11.7. The minimum Gasteiger partial charge on any atom is -0.506 e. The molecule has 0 fully saturated rings. The first-order valence-corrected chi connectivity index (χ1v) is 6.60. The second-order valence-electron chi connectivity index (χ2n) is 4.81. The zero-order valence-electron chi connectivity index (χ0n) is 12.3. The van der Waals surface area contributed by atoms with Crippen molar-refractivity contribution in [2.75, 3.05) is 0 Å². The van der Waals surface area contributed by atoms with Crippen molar-refractivity contribution < 1.29 is 44.7 Å². The first kappa shape index (κ1) is 17.5. The van der Waals surface area contributed by atoms with Gasteiger partial charge in [0.25, 0.3) is 0 Å². The molecule has 0 aliphatic carbocycles. The quantitative estimate of drug-likeness (QED) is 0.542. The van der Waals surface area contributed by atoms with Crippen LogP contribution in [0.2, 0.25) is 0 Å². The molecule has 2 aromatic carbocycles. The highest BCUT2D eigenvalue weighted by molar-refractivity contribution is 6.18. The number of carboxylic acid groups (broad SMARTS) is 4. The summed E-state index contributed by atoms with van der Waals surface area (Å²) in [5.41, 5.74) is -5.07. The molecule has 9 nitrogen and oxygen atoms in total. The Labute approximate surface area is 139 Å². The molecule has 0 aliphatic heterocycles. The predicted molar refractivity (Wildman–Crippen MR) is 81.4 cm³/mol. The SMILES string of the molecule is O=C(O)c1c(O)c(C(=O)O)c(C(=O)O)c(-c2ccccc2)c1C(=O)O. The van der Waals surface area contributed by atoms with Crippen LogP contribution in [0, 0.1) is 0 Å². The van der Waals surface area contributed by atoms with Crippen LogP contribution in [-0.4, -0.2) is 49.4 Å². The first-order valence-electron chi connectivity index (χ1n) is 6.60. The average molecular weight is 346 g/mol. The molecule has 0 saturated heterocycles. The number of phenols is 1. The summed E-state index contributed by atoms with van der Waals surface area (Å²) >= 11 is 0. The van der Waals surface area contributed by atoms with Crippen molar-refractivity contribution in [1.29, 1.82) is 0 Å². The van der Waals surface area contributed by atoms with Gasteiger partial charge >= 0.3 is 23.9 Å². The molecule has 128 valence electrons. The largest absolute Gasteiger partial charge is 0.506 e. The van der Waals surface area contributed by atoms with Gasteiger partial charge in [-0.05, 0) is 5.56 Å². The van der Waals surface area contributed by atoms with E-state index in [2.05, 4.69) is 0 Å². The van der Waals surface area contributed by atoms with E-state index in [1.54, 1.807) is 6.07 Å². The molecule has 0 heterocycles. The standard InChI is InChI=1S/C16H10O9/c17-12-10(15(22)23)8(13(18)19)7(6-4-2-1-3-5-6)9(14(20)21)11(12)16(24)25/h1-5,17H,(H,18,19)(H,20,21)(H,22,23)(H,24,25). The number of hydrogen-bond donors (Lipinski definition) is 5. The average Bonchev–Trinajstić information content (AvgIpc) is 2.53. The Hall–Kier alpha value is -3.88. The van der Waals surface area contributed by atoms with E-state index in [9.17, 15) is 44.7 Å². The summed E-state index contributed by atoms with van der Waals surface area (Å²) < 4.78 is 0. The predicted octanol–water partition coefficient (Wildman–Crippen LogP) is 1.85. The summed E-state index contributed by atoms with van der Waals surface area (Å²) in [5, 5.41) is 47.3. The van der Waals surface area contributed by atoms with E-state index in [-0.39, 0.29) is 5.56 Å². The number of aromatic hydroxyl groups is 1. The summed E-state index contributed by atoms with van der Waals surface area (Å²) in [6.45, 7) is 0. The summed E-state index contributed by atoms with van der Waals surface area (Å²) in [4.78, 5) is 46.1. The third kappa shape index (κ3) is 2.85. The molecule has 0 atom stereocenters. The molecule has 25 heavy (non-hydrogen) atoms. The van der Waals surface area contributed by atoms with Crippen LogP contribution in [0.4, 0.5) is 0 Å². The molecular weight excluding hydrogens is 336 g/mol. The molecule has 9 heteroatoms. The third-order valence-corrected chi connectivity index (χ3v) is 3.39. The highest BCUT2D eigenvalue weighted by atomic mass is 16.4. The minimum atomic E-state index is -1.91. The Balaban J connectivity index is 3.21. The van der Waals surface area contributed by atoms with Crippen molar-refractivity contribution in [3.05, 3.63) is 52.6 Å². The van der Waals surface area contributed by atoms with E-state index in [1.807, 2.05) is 0 Å². The van der Waals surface area contributed by atoms with E-state index in [4.69, 9.17) is 0 Å². The van der Waals surface area contributed by atoms with Gasteiger partial charge in [-0.15, -0.1) is 0 Å². The number of benzene rings is 2. The monoisotopic (exact) mass is 346 g/mol. The number of carbonyl (C=O) groups is 4. The van der Waals surface area contributed by atoms with E-state index in [1.165, 1.54) is 24.3 Å². The second-order valence-corrected chi connectivity index (χ2v) is 4.81. The lowest BCUT2D eigenvalue weighted by molar-refractivity contribution is 0.0632. The minimum absolute atomic E-state index is 0.0256. The van der Waals surface area contributed by atoms with Gasteiger partial charge in [0.2, 0.25) is 0 Å². The van der Waals surface area contributed by atoms with Gasteiger partial charge in [-0.1, -0.05) is 30.3 Å². The van der Waals surface area contributed by atoms with Crippen molar-refractivity contribution in [3.63, 3.8) is 0 Å². The number of hydrogen-bond acceptors (Lipinski definition) is 5. The van der Waals surface area contributed by atoms with Gasteiger partial charge in [0.15, 0.2) is 0 Å². The summed E-state index contributed by atoms with van der Waals surface area (Å²) in [5.74, 6) is -8.91. The number of aromatic carboxylic acids is 4. The van der Waals surface area contributed by atoms with Crippen LogP contribution in [0.1, 0.15) is 41.4 Å². The maximum atomic E-state index is 11.6. The van der Waals surface area contributed by atoms with Crippen LogP contribution in [-0.2, 0) is 0 Å². The molecule has 0 saturated carbocycles. The van der Waals surface area contributed by atoms with Gasteiger partial charge in [-0.2, -0.15) is 0 Å². The molecule has 0 amide bonds. The van der Waals surface area contributed by atoms with Gasteiger partial charge in [-0.3, -0.25) is 0 Å². The van der Waals surface area contributed by atoms with E-state index in [0.717, 1.165) is 0 Å². The fourth-order valence-corrected chi connectivity index (χ4v) is 2.47.